The van der Waals surface area contributed by atoms with Gasteiger partial charge in [-0.05, 0) is 42.9 Å². The SMILES string of the molecule is O=C(NC(Cc1ccccc1)C(=O)NC1CC1)C1CCN(S(=O)(=O)/C=C/c2ccccc2)CC1. The molecule has 0 bridgehead atoms. The van der Waals surface area contributed by atoms with Crippen molar-refractivity contribution in [2.45, 2.75) is 44.2 Å². The number of hydrogen-bond donors (Lipinski definition) is 2. The van der Waals surface area contributed by atoms with Gasteiger partial charge < -0.3 is 10.6 Å². The molecule has 1 atom stereocenters. The second kappa shape index (κ2) is 11.0. The van der Waals surface area contributed by atoms with Crippen molar-refractivity contribution < 1.29 is 18.0 Å². The summed E-state index contributed by atoms with van der Waals surface area (Å²) in [4.78, 5) is 25.8. The Hall–Kier alpha value is -2.97. The van der Waals surface area contributed by atoms with Gasteiger partial charge in [0, 0.05) is 36.9 Å². The van der Waals surface area contributed by atoms with Gasteiger partial charge in [0.25, 0.3) is 0 Å². The maximum atomic E-state index is 13.0. The molecule has 1 saturated carbocycles. The van der Waals surface area contributed by atoms with Crippen LogP contribution in [-0.2, 0) is 26.0 Å². The number of hydrogen-bond acceptors (Lipinski definition) is 4. The van der Waals surface area contributed by atoms with Crippen molar-refractivity contribution in [2.24, 2.45) is 5.92 Å². The fraction of sp³-hybridized carbons (Fsp3) is 0.385. The summed E-state index contributed by atoms with van der Waals surface area (Å²) in [5.41, 5.74) is 1.79. The standard InChI is InChI=1S/C26H31N3O4S/c30-25(28-24(26(31)27-23-11-12-23)19-21-9-5-2-6-10-21)22-13-16-29(17-14-22)34(32,33)18-15-20-7-3-1-4-8-20/h1-10,15,18,22-24H,11-14,16-17,19H2,(H,27,31)(H,28,30)/b18-15+. The minimum absolute atomic E-state index is 0.161. The number of nitrogens with zero attached hydrogens (tertiary/aromatic N) is 1. The molecule has 1 unspecified atom stereocenters. The summed E-state index contributed by atoms with van der Waals surface area (Å²) in [5.74, 6) is -0.675. The number of nitrogens with one attached hydrogen (secondary N) is 2. The number of sulfonamides is 1. The summed E-state index contributed by atoms with van der Waals surface area (Å²) in [6.45, 7) is 0.550. The van der Waals surface area contributed by atoms with Crippen LogP contribution in [0.15, 0.2) is 66.1 Å². The van der Waals surface area contributed by atoms with E-state index in [0.29, 0.717) is 19.3 Å². The van der Waals surface area contributed by atoms with E-state index >= 15 is 0 Å². The Morgan fingerprint density at radius 2 is 1.56 bits per heavy atom. The van der Waals surface area contributed by atoms with Gasteiger partial charge in [0.2, 0.25) is 21.8 Å². The Labute approximate surface area is 201 Å². The van der Waals surface area contributed by atoms with Crippen molar-refractivity contribution in [2.75, 3.05) is 13.1 Å². The Kier molecular flexibility index (Phi) is 7.80. The second-order valence-electron chi connectivity index (χ2n) is 8.97. The van der Waals surface area contributed by atoms with Gasteiger partial charge in [0.1, 0.15) is 6.04 Å². The van der Waals surface area contributed by atoms with Crippen LogP contribution in [0.4, 0.5) is 0 Å². The monoisotopic (exact) mass is 481 g/mol. The molecule has 0 radical (unpaired) electrons. The second-order valence-corrected chi connectivity index (χ2v) is 10.8. The quantitative estimate of drug-likeness (QED) is 0.576. The zero-order valence-corrected chi connectivity index (χ0v) is 19.9. The number of carbonyl (C=O) groups is 2. The van der Waals surface area contributed by atoms with Crippen LogP contribution in [-0.4, -0.2) is 49.7 Å². The first-order valence-electron chi connectivity index (χ1n) is 11.8. The Morgan fingerprint density at radius 1 is 0.941 bits per heavy atom. The van der Waals surface area contributed by atoms with Crippen molar-refractivity contribution in [3.63, 3.8) is 0 Å². The highest BCUT2D eigenvalue weighted by Gasteiger charge is 2.33. The van der Waals surface area contributed by atoms with Crippen LogP contribution in [0.25, 0.3) is 6.08 Å². The fourth-order valence-corrected chi connectivity index (χ4v) is 5.29. The van der Waals surface area contributed by atoms with E-state index < -0.39 is 16.1 Å². The first-order valence-corrected chi connectivity index (χ1v) is 13.3. The molecule has 4 rings (SSSR count). The lowest BCUT2D eigenvalue weighted by atomic mass is 9.96. The van der Waals surface area contributed by atoms with Gasteiger partial charge in [-0.2, -0.15) is 4.31 Å². The van der Waals surface area contributed by atoms with E-state index in [4.69, 9.17) is 0 Å². The molecule has 1 saturated heterocycles. The van der Waals surface area contributed by atoms with Crippen molar-refractivity contribution >= 4 is 27.9 Å². The van der Waals surface area contributed by atoms with Crippen LogP contribution in [0.1, 0.15) is 36.8 Å². The molecule has 8 heteroatoms. The van der Waals surface area contributed by atoms with Crippen molar-refractivity contribution in [1.29, 1.82) is 0 Å². The molecule has 1 aliphatic heterocycles. The molecule has 180 valence electrons. The van der Waals surface area contributed by atoms with Gasteiger partial charge in [0.05, 0.1) is 0 Å². The predicted molar refractivity (Wildman–Crippen MR) is 132 cm³/mol. The van der Waals surface area contributed by atoms with Gasteiger partial charge in [0.15, 0.2) is 0 Å². The maximum Gasteiger partial charge on any atom is 0.243 e. The molecule has 1 aliphatic carbocycles. The number of amides is 2. The molecule has 2 N–H and O–H groups in total. The third-order valence-electron chi connectivity index (χ3n) is 6.26. The van der Waals surface area contributed by atoms with E-state index in [1.165, 1.54) is 9.71 Å². The first kappa shape index (κ1) is 24.2. The molecular formula is C26H31N3O4S. The molecule has 2 fully saturated rings. The van der Waals surface area contributed by atoms with Crippen LogP contribution >= 0.6 is 0 Å². The Bertz CT molecular complexity index is 1110. The Morgan fingerprint density at radius 3 is 2.18 bits per heavy atom. The zero-order chi connectivity index (χ0) is 24.0. The third kappa shape index (κ3) is 6.77. The number of benzene rings is 2. The van der Waals surface area contributed by atoms with E-state index in [0.717, 1.165) is 24.0 Å². The van der Waals surface area contributed by atoms with Gasteiger partial charge >= 0.3 is 0 Å². The molecule has 1 heterocycles. The fourth-order valence-electron chi connectivity index (χ4n) is 4.07. The lowest BCUT2D eigenvalue weighted by Gasteiger charge is -2.30. The van der Waals surface area contributed by atoms with E-state index in [1.54, 1.807) is 6.08 Å². The average Bonchev–Trinajstić information content (AvgIpc) is 3.68. The normalized spacial score (nSPS) is 18.5. The highest BCUT2D eigenvalue weighted by molar-refractivity contribution is 7.92. The average molecular weight is 482 g/mol. The Balaban J connectivity index is 1.33. The van der Waals surface area contributed by atoms with Gasteiger partial charge in [-0.15, -0.1) is 0 Å². The van der Waals surface area contributed by atoms with Crippen LogP contribution in [0.5, 0.6) is 0 Å². The molecule has 0 aromatic heterocycles. The summed E-state index contributed by atoms with van der Waals surface area (Å²) in [7, 11) is -3.56. The van der Waals surface area contributed by atoms with Crippen molar-refractivity contribution in [3.05, 3.63) is 77.2 Å². The number of rotatable bonds is 9. The summed E-state index contributed by atoms with van der Waals surface area (Å²) in [5, 5.41) is 7.15. The van der Waals surface area contributed by atoms with Crippen LogP contribution in [0.2, 0.25) is 0 Å². The largest absolute Gasteiger partial charge is 0.352 e. The first-order chi connectivity index (χ1) is 16.4. The van der Waals surface area contributed by atoms with Crippen molar-refractivity contribution in [1.82, 2.24) is 14.9 Å². The molecule has 2 aliphatic rings. The highest BCUT2D eigenvalue weighted by atomic mass is 32.2. The van der Waals surface area contributed by atoms with Crippen LogP contribution in [0.3, 0.4) is 0 Å². The van der Waals surface area contributed by atoms with E-state index in [-0.39, 0.29) is 36.9 Å². The lowest BCUT2D eigenvalue weighted by Crippen LogP contribution is -2.51. The third-order valence-corrected chi connectivity index (χ3v) is 7.82. The maximum absolute atomic E-state index is 13.0. The summed E-state index contributed by atoms with van der Waals surface area (Å²) in [6.07, 6.45) is 4.80. The molecule has 34 heavy (non-hydrogen) atoms. The smallest absolute Gasteiger partial charge is 0.243 e. The summed E-state index contributed by atoms with van der Waals surface area (Å²) >= 11 is 0. The van der Waals surface area contributed by atoms with Crippen LogP contribution in [0, 0.1) is 5.92 Å². The predicted octanol–water partition coefficient (Wildman–Crippen LogP) is 2.71. The molecule has 7 nitrogen and oxygen atoms in total. The summed E-state index contributed by atoms with van der Waals surface area (Å²) in [6, 6.07) is 18.4. The minimum atomic E-state index is -3.56. The molecule has 0 spiro atoms. The van der Waals surface area contributed by atoms with Crippen molar-refractivity contribution in [3.8, 4) is 0 Å². The number of piperidine rings is 1. The molecular weight excluding hydrogens is 450 g/mol. The highest BCUT2D eigenvalue weighted by Crippen LogP contribution is 2.22. The van der Waals surface area contributed by atoms with Gasteiger partial charge in [-0.3, -0.25) is 9.59 Å². The number of carbonyl (C=O) groups excluding carboxylic acids is 2. The van der Waals surface area contributed by atoms with E-state index in [9.17, 15) is 18.0 Å². The summed E-state index contributed by atoms with van der Waals surface area (Å²) < 4.78 is 26.8. The molecule has 2 aromatic rings. The zero-order valence-electron chi connectivity index (χ0n) is 19.1. The lowest BCUT2D eigenvalue weighted by molar-refractivity contribution is -0.131. The van der Waals surface area contributed by atoms with Crippen LogP contribution < -0.4 is 10.6 Å². The topological polar surface area (TPSA) is 95.6 Å². The van der Waals surface area contributed by atoms with Gasteiger partial charge in [-0.25, -0.2) is 8.42 Å². The van der Waals surface area contributed by atoms with Gasteiger partial charge in [-0.1, -0.05) is 60.7 Å². The van der Waals surface area contributed by atoms with E-state index in [2.05, 4.69) is 10.6 Å². The van der Waals surface area contributed by atoms with E-state index in [1.807, 2.05) is 60.7 Å². The molecule has 2 aromatic carbocycles. The molecule has 2 amide bonds. The minimum Gasteiger partial charge on any atom is -0.352 e.